The Kier molecular flexibility index (Phi) is 7.51. The van der Waals surface area contributed by atoms with E-state index >= 15 is 0 Å². The maximum Gasteiger partial charge on any atom is 0.238 e. The van der Waals surface area contributed by atoms with Crippen LogP contribution in [0.3, 0.4) is 0 Å². The molecular weight excluding hydrogens is 616 g/mol. The number of phenolic OH excluding ortho intramolecular Hbond substituents is 1. The number of carbonyl (C=O) groups excluding carboxylic acids is 4. The van der Waals surface area contributed by atoms with Gasteiger partial charge < -0.3 is 10.0 Å². The van der Waals surface area contributed by atoms with Crippen molar-refractivity contribution in [1.29, 1.82) is 0 Å². The minimum atomic E-state index is -0.714. The van der Waals surface area contributed by atoms with E-state index in [9.17, 15) is 24.3 Å². The molecule has 10 heteroatoms. The molecule has 0 radical (unpaired) electrons. The molecule has 3 aliphatic carbocycles. The van der Waals surface area contributed by atoms with E-state index in [4.69, 9.17) is 11.6 Å². The monoisotopic (exact) mass is 646 g/mol. The molecule has 1 fully saturated rings. The van der Waals surface area contributed by atoms with Crippen molar-refractivity contribution in [2.75, 3.05) is 23.9 Å². The van der Waals surface area contributed by atoms with E-state index in [1.807, 2.05) is 49.3 Å². The van der Waals surface area contributed by atoms with Crippen LogP contribution in [0.4, 0.5) is 22.7 Å². The van der Waals surface area contributed by atoms with Crippen molar-refractivity contribution in [1.82, 2.24) is 0 Å². The van der Waals surface area contributed by atoms with Crippen LogP contribution >= 0.6 is 11.6 Å². The Morgan fingerprint density at radius 1 is 0.872 bits per heavy atom. The van der Waals surface area contributed by atoms with Gasteiger partial charge in [-0.2, -0.15) is 10.2 Å². The van der Waals surface area contributed by atoms with Crippen molar-refractivity contribution >= 4 is 57.7 Å². The summed E-state index contributed by atoms with van der Waals surface area (Å²) in [5.74, 6) is -3.67. The van der Waals surface area contributed by atoms with Crippen LogP contribution in [0.5, 0.6) is 5.75 Å². The average Bonchev–Trinajstić information content (AvgIpc) is 3.31. The van der Waals surface area contributed by atoms with Crippen LogP contribution in [0.1, 0.15) is 31.2 Å². The third kappa shape index (κ3) is 5.11. The van der Waals surface area contributed by atoms with Gasteiger partial charge in [0.2, 0.25) is 11.8 Å². The SMILES string of the molecule is CC1=CC(=O)C2=C(C1=O)C(c1ccc(O)cc1Cl)C1=CCC3C(=O)N(c4ccc(N=Nc5ccc(N(C)C)cc5)cc4)C(=O)C3C1C2. The largest absolute Gasteiger partial charge is 0.508 e. The summed E-state index contributed by atoms with van der Waals surface area (Å²) in [7, 11) is 3.92. The summed E-state index contributed by atoms with van der Waals surface area (Å²) in [5.41, 5.74) is 5.14. The van der Waals surface area contributed by atoms with Gasteiger partial charge in [0.1, 0.15) is 5.75 Å². The van der Waals surface area contributed by atoms with Crippen LogP contribution in [0, 0.1) is 17.8 Å². The number of hydrogen-bond acceptors (Lipinski definition) is 8. The lowest BCUT2D eigenvalue weighted by molar-refractivity contribution is -0.123. The van der Waals surface area contributed by atoms with Gasteiger partial charge in [0.25, 0.3) is 0 Å². The molecule has 0 spiro atoms. The smallest absolute Gasteiger partial charge is 0.238 e. The normalized spacial score (nSPS) is 23.9. The second-order valence-electron chi connectivity index (χ2n) is 12.6. The van der Waals surface area contributed by atoms with Crippen molar-refractivity contribution in [3.05, 3.63) is 112 Å². The summed E-state index contributed by atoms with van der Waals surface area (Å²) in [6.45, 7) is 1.61. The summed E-state index contributed by atoms with van der Waals surface area (Å²) >= 11 is 6.63. The highest BCUT2D eigenvalue weighted by Crippen LogP contribution is 2.56. The van der Waals surface area contributed by atoms with Crippen LogP contribution in [-0.4, -0.2) is 42.6 Å². The highest BCUT2D eigenvalue weighted by Gasteiger charge is 2.56. The zero-order valence-electron chi connectivity index (χ0n) is 26.0. The number of rotatable bonds is 5. The molecule has 1 saturated heterocycles. The van der Waals surface area contributed by atoms with Gasteiger partial charge in [-0.3, -0.25) is 24.1 Å². The van der Waals surface area contributed by atoms with E-state index < -0.39 is 23.7 Å². The number of allylic oxidation sites excluding steroid dienone is 6. The van der Waals surface area contributed by atoms with Gasteiger partial charge in [-0.05, 0) is 98.0 Å². The van der Waals surface area contributed by atoms with Gasteiger partial charge in [-0.25, -0.2) is 0 Å². The maximum absolute atomic E-state index is 14.2. The Hall–Kier alpha value is -5.15. The van der Waals surface area contributed by atoms with Crippen molar-refractivity contribution in [3.63, 3.8) is 0 Å². The second-order valence-corrected chi connectivity index (χ2v) is 13.0. The van der Waals surface area contributed by atoms with Crippen molar-refractivity contribution in [2.45, 2.75) is 25.7 Å². The Bertz CT molecular complexity index is 1990. The highest BCUT2D eigenvalue weighted by atomic mass is 35.5. The average molecular weight is 647 g/mol. The highest BCUT2D eigenvalue weighted by molar-refractivity contribution is 6.32. The molecule has 1 N–H and O–H groups in total. The van der Waals surface area contributed by atoms with Crippen LogP contribution < -0.4 is 9.80 Å². The number of benzene rings is 3. The van der Waals surface area contributed by atoms with E-state index in [0.29, 0.717) is 45.8 Å². The van der Waals surface area contributed by atoms with Gasteiger partial charge >= 0.3 is 0 Å². The third-order valence-electron chi connectivity index (χ3n) is 9.61. The molecule has 0 bridgehead atoms. The fourth-order valence-corrected chi connectivity index (χ4v) is 7.61. The number of halogens is 1. The lowest BCUT2D eigenvalue weighted by Crippen LogP contribution is -2.39. The minimum absolute atomic E-state index is 0.0292. The molecular formula is C37H31ClN4O5. The fraction of sp³-hybridized carbons (Fsp3) is 0.243. The zero-order valence-corrected chi connectivity index (χ0v) is 26.7. The standard InChI is InChI=1S/C37H31ClN4O5/c1-19-16-31(44)29-18-28-25(32(34(29)35(19)45)26-13-12-24(43)17-30(26)38)14-15-27-33(28)37(47)42(36(27)46)23-10-6-21(7-11-23)40-39-20-4-8-22(9-5-20)41(2)3/h4-14,16-17,27-28,32-33,43H,15,18H2,1-3H3. The molecule has 4 unspecified atom stereocenters. The number of ketones is 2. The van der Waals surface area contributed by atoms with E-state index in [-0.39, 0.29) is 40.6 Å². The molecule has 236 valence electrons. The number of azo groups is 1. The van der Waals surface area contributed by atoms with Gasteiger partial charge in [-0.1, -0.05) is 29.3 Å². The number of imide groups is 1. The number of fused-ring (bicyclic) bond motifs is 3. The number of amides is 2. The van der Waals surface area contributed by atoms with Gasteiger partial charge in [0.05, 0.1) is 28.9 Å². The quantitative estimate of drug-likeness (QED) is 0.136. The van der Waals surface area contributed by atoms with Crippen molar-refractivity contribution < 1.29 is 24.3 Å². The first-order chi connectivity index (χ1) is 22.5. The Morgan fingerprint density at radius 3 is 2.17 bits per heavy atom. The zero-order chi connectivity index (χ0) is 33.1. The number of hydrogen-bond donors (Lipinski definition) is 1. The first kappa shape index (κ1) is 30.5. The van der Waals surface area contributed by atoms with Crippen LogP contribution in [0.25, 0.3) is 0 Å². The first-order valence-corrected chi connectivity index (χ1v) is 15.8. The Labute approximate surface area is 276 Å². The van der Waals surface area contributed by atoms with Crippen LogP contribution in [0.15, 0.2) is 111 Å². The lowest BCUT2D eigenvalue weighted by Gasteiger charge is -2.42. The molecule has 3 aromatic carbocycles. The van der Waals surface area contributed by atoms with Gasteiger partial charge in [-0.15, -0.1) is 0 Å². The summed E-state index contributed by atoms with van der Waals surface area (Å²) in [6, 6.07) is 19.0. The third-order valence-corrected chi connectivity index (χ3v) is 9.94. The molecule has 2 amide bonds. The van der Waals surface area contributed by atoms with Crippen molar-refractivity contribution in [2.24, 2.45) is 28.0 Å². The van der Waals surface area contributed by atoms with Crippen LogP contribution in [0.2, 0.25) is 5.02 Å². The predicted octanol–water partition coefficient (Wildman–Crippen LogP) is 7.16. The number of aromatic hydroxyl groups is 1. The summed E-state index contributed by atoms with van der Waals surface area (Å²) in [4.78, 5) is 58.2. The first-order valence-electron chi connectivity index (χ1n) is 15.4. The van der Waals surface area contributed by atoms with E-state index in [1.54, 1.807) is 37.3 Å². The number of anilines is 2. The molecule has 1 aliphatic heterocycles. The van der Waals surface area contributed by atoms with Crippen molar-refractivity contribution in [3.8, 4) is 5.75 Å². The number of carbonyl (C=O) groups is 4. The lowest BCUT2D eigenvalue weighted by atomic mass is 9.59. The molecule has 9 nitrogen and oxygen atoms in total. The fourth-order valence-electron chi connectivity index (χ4n) is 7.32. The van der Waals surface area contributed by atoms with Gasteiger partial charge in [0, 0.05) is 47.4 Å². The Balaban J connectivity index is 1.20. The van der Waals surface area contributed by atoms with E-state index in [2.05, 4.69) is 10.2 Å². The van der Waals surface area contributed by atoms with E-state index in [1.165, 1.54) is 23.1 Å². The maximum atomic E-state index is 14.2. The molecule has 0 saturated carbocycles. The molecule has 0 aromatic heterocycles. The molecule has 4 aliphatic rings. The van der Waals surface area contributed by atoms with E-state index in [0.717, 1.165) is 11.3 Å². The summed E-state index contributed by atoms with van der Waals surface area (Å²) < 4.78 is 0. The predicted molar refractivity (Wildman–Crippen MR) is 178 cm³/mol. The summed E-state index contributed by atoms with van der Waals surface area (Å²) in [6.07, 6.45) is 3.77. The minimum Gasteiger partial charge on any atom is -0.508 e. The summed E-state index contributed by atoms with van der Waals surface area (Å²) in [5, 5.41) is 18.9. The number of phenols is 1. The number of nitrogens with zero attached hydrogens (tertiary/aromatic N) is 4. The molecule has 1 heterocycles. The number of Topliss-reactive ketones (excluding diaryl/α,β-unsaturated/α-hetero) is 1. The van der Waals surface area contributed by atoms with Crippen LogP contribution in [-0.2, 0) is 19.2 Å². The second kappa shape index (κ2) is 11.6. The molecule has 3 aromatic rings. The Morgan fingerprint density at radius 2 is 1.53 bits per heavy atom. The molecule has 7 rings (SSSR count). The topological polar surface area (TPSA) is 120 Å². The molecule has 47 heavy (non-hydrogen) atoms. The molecule has 4 atom stereocenters. The van der Waals surface area contributed by atoms with Gasteiger partial charge in [0.15, 0.2) is 11.6 Å².